The molecule has 0 saturated carbocycles. The number of aromatic nitrogens is 1. The van der Waals surface area contributed by atoms with Crippen LogP contribution in [0.15, 0.2) is 47.4 Å². The second-order valence-corrected chi connectivity index (χ2v) is 5.14. The number of ether oxygens (including phenoxy) is 2. The van der Waals surface area contributed by atoms with Gasteiger partial charge in [0.25, 0.3) is 5.56 Å². The average molecular weight is 312 g/mol. The van der Waals surface area contributed by atoms with Crippen LogP contribution < -0.4 is 15.0 Å². The maximum absolute atomic E-state index is 12.2. The fourth-order valence-electron chi connectivity index (χ4n) is 2.07. The Balaban J connectivity index is 1.83. The third kappa shape index (κ3) is 5.19. The summed E-state index contributed by atoms with van der Waals surface area (Å²) in [6, 6.07) is 13.2. The van der Waals surface area contributed by atoms with E-state index in [-0.39, 0.29) is 5.56 Å². The SMILES string of the molecule is Cc1ccc(OCCOc2cccn(CCCC#N)c2=O)cc1. The first kappa shape index (κ1) is 16.6. The monoisotopic (exact) mass is 312 g/mol. The van der Waals surface area contributed by atoms with Crippen molar-refractivity contribution < 1.29 is 9.47 Å². The number of aryl methyl sites for hydroxylation is 2. The predicted molar refractivity (Wildman–Crippen MR) is 87.7 cm³/mol. The number of benzene rings is 1. The lowest BCUT2D eigenvalue weighted by molar-refractivity contribution is 0.214. The number of rotatable bonds is 8. The Labute approximate surface area is 135 Å². The van der Waals surface area contributed by atoms with Gasteiger partial charge in [0.2, 0.25) is 0 Å². The summed E-state index contributed by atoms with van der Waals surface area (Å²) < 4.78 is 12.6. The van der Waals surface area contributed by atoms with Gasteiger partial charge in [-0.15, -0.1) is 0 Å². The molecule has 0 spiro atoms. The van der Waals surface area contributed by atoms with Crippen molar-refractivity contribution >= 4 is 0 Å². The van der Waals surface area contributed by atoms with Gasteiger partial charge in [0.1, 0.15) is 19.0 Å². The van der Waals surface area contributed by atoms with Crippen molar-refractivity contribution in [3.8, 4) is 17.6 Å². The topological polar surface area (TPSA) is 64.2 Å². The minimum atomic E-state index is -0.180. The lowest BCUT2D eigenvalue weighted by atomic mass is 10.2. The molecule has 1 heterocycles. The molecule has 2 rings (SSSR count). The summed E-state index contributed by atoms with van der Waals surface area (Å²) in [7, 11) is 0. The van der Waals surface area contributed by atoms with Crippen molar-refractivity contribution in [1.29, 1.82) is 5.26 Å². The zero-order chi connectivity index (χ0) is 16.5. The molecule has 0 atom stereocenters. The molecular weight excluding hydrogens is 292 g/mol. The Kier molecular flexibility index (Phi) is 6.25. The van der Waals surface area contributed by atoms with Crippen LogP contribution in [0.3, 0.4) is 0 Å². The molecule has 0 fully saturated rings. The molecule has 5 heteroatoms. The Morgan fingerprint density at radius 1 is 1.13 bits per heavy atom. The Hall–Kier alpha value is -2.74. The maximum atomic E-state index is 12.2. The van der Waals surface area contributed by atoms with Crippen LogP contribution in [-0.2, 0) is 6.54 Å². The van der Waals surface area contributed by atoms with E-state index in [1.54, 1.807) is 22.9 Å². The van der Waals surface area contributed by atoms with Gasteiger partial charge in [-0.25, -0.2) is 0 Å². The van der Waals surface area contributed by atoms with Crippen molar-refractivity contribution in [3.05, 3.63) is 58.5 Å². The minimum absolute atomic E-state index is 0.180. The standard InChI is InChI=1S/C18H20N2O3/c1-15-6-8-16(9-7-15)22-13-14-23-17-5-4-12-20(18(17)21)11-3-2-10-19/h4-9,12H,2-3,11,13-14H2,1H3. The van der Waals surface area contributed by atoms with Crippen LogP contribution in [0.1, 0.15) is 18.4 Å². The second kappa shape index (κ2) is 8.64. The van der Waals surface area contributed by atoms with E-state index in [1.165, 1.54) is 5.56 Å². The number of nitriles is 1. The van der Waals surface area contributed by atoms with Crippen molar-refractivity contribution in [2.24, 2.45) is 0 Å². The lowest BCUT2D eigenvalue weighted by Crippen LogP contribution is -2.22. The zero-order valence-corrected chi connectivity index (χ0v) is 13.2. The summed E-state index contributed by atoms with van der Waals surface area (Å²) >= 11 is 0. The summed E-state index contributed by atoms with van der Waals surface area (Å²) in [6.07, 6.45) is 2.79. The van der Waals surface area contributed by atoms with Crippen LogP contribution >= 0.6 is 0 Å². The molecule has 0 aliphatic heterocycles. The Morgan fingerprint density at radius 2 is 1.87 bits per heavy atom. The zero-order valence-electron chi connectivity index (χ0n) is 13.2. The van der Waals surface area contributed by atoms with E-state index in [2.05, 4.69) is 6.07 Å². The highest BCUT2D eigenvalue weighted by molar-refractivity contribution is 5.26. The summed E-state index contributed by atoms with van der Waals surface area (Å²) in [5, 5.41) is 8.54. The predicted octanol–water partition coefficient (Wildman–Crippen LogP) is 2.92. The second-order valence-electron chi connectivity index (χ2n) is 5.14. The average Bonchev–Trinajstić information content (AvgIpc) is 2.56. The molecule has 0 aliphatic carbocycles. The lowest BCUT2D eigenvalue weighted by Gasteiger charge is -2.10. The van der Waals surface area contributed by atoms with E-state index in [9.17, 15) is 4.79 Å². The first-order valence-corrected chi connectivity index (χ1v) is 7.59. The number of hydrogen-bond acceptors (Lipinski definition) is 4. The van der Waals surface area contributed by atoms with Crippen molar-refractivity contribution in [1.82, 2.24) is 4.57 Å². The molecule has 0 unspecified atom stereocenters. The summed E-state index contributed by atoms with van der Waals surface area (Å²) in [5.74, 6) is 1.08. The quantitative estimate of drug-likeness (QED) is 0.703. The first-order chi connectivity index (χ1) is 11.2. The van der Waals surface area contributed by atoms with Crippen molar-refractivity contribution in [2.45, 2.75) is 26.3 Å². The fourth-order valence-corrected chi connectivity index (χ4v) is 2.07. The molecule has 0 saturated heterocycles. The van der Waals surface area contributed by atoms with Crippen LogP contribution in [0, 0.1) is 18.3 Å². The summed E-state index contributed by atoms with van der Waals surface area (Å²) in [6.45, 7) is 3.20. The summed E-state index contributed by atoms with van der Waals surface area (Å²) in [5.41, 5.74) is 0.996. The molecule has 0 amide bonds. The molecule has 5 nitrogen and oxygen atoms in total. The van der Waals surface area contributed by atoms with E-state index < -0.39 is 0 Å². The molecule has 0 aliphatic rings. The van der Waals surface area contributed by atoms with Gasteiger partial charge in [-0.1, -0.05) is 17.7 Å². The van der Waals surface area contributed by atoms with Gasteiger partial charge in [0.05, 0.1) is 6.07 Å². The normalized spacial score (nSPS) is 10.1. The smallest absolute Gasteiger partial charge is 0.292 e. The molecule has 2 aromatic rings. The summed E-state index contributed by atoms with van der Waals surface area (Å²) in [4.78, 5) is 12.2. The van der Waals surface area contributed by atoms with Crippen LogP contribution in [0.4, 0.5) is 0 Å². The van der Waals surface area contributed by atoms with E-state index in [4.69, 9.17) is 14.7 Å². The molecule has 0 bridgehead atoms. The van der Waals surface area contributed by atoms with E-state index in [0.29, 0.717) is 38.3 Å². The van der Waals surface area contributed by atoms with Crippen LogP contribution in [0.2, 0.25) is 0 Å². The highest BCUT2D eigenvalue weighted by atomic mass is 16.5. The highest BCUT2D eigenvalue weighted by Crippen LogP contribution is 2.11. The number of nitrogens with zero attached hydrogens (tertiary/aromatic N) is 2. The fraction of sp³-hybridized carbons (Fsp3) is 0.333. The third-order valence-corrected chi connectivity index (χ3v) is 3.30. The van der Waals surface area contributed by atoms with Crippen LogP contribution in [-0.4, -0.2) is 17.8 Å². The van der Waals surface area contributed by atoms with Crippen LogP contribution in [0.25, 0.3) is 0 Å². The molecule has 1 aromatic heterocycles. The van der Waals surface area contributed by atoms with E-state index >= 15 is 0 Å². The van der Waals surface area contributed by atoms with Gasteiger partial charge in [-0.05, 0) is 37.6 Å². The number of hydrogen-bond donors (Lipinski definition) is 0. The van der Waals surface area contributed by atoms with Crippen LogP contribution in [0.5, 0.6) is 11.5 Å². The highest BCUT2D eigenvalue weighted by Gasteiger charge is 2.04. The number of unbranched alkanes of at least 4 members (excludes halogenated alkanes) is 1. The van der Waals surface area contributed by atoms with Gasteiger partial charge >= 0.3 is 0 Å². The Morgan fingerprint density at radius 3 is 2.61 bits per heavy atom. The molecule has 0 radical (unpaired) electrons. The van der Waals surface area contributed by atoms with Gasteiger partial charge in [-0.2, -0.15) is 5.26 Å². The maximum Gasteiger partial charge on any atom is 0.292 e. The van der Waals surface area contributed by atoms with Gasteiger partial charge in [0.15, 0.2) is 5.75 Å². The molecule has 0 N–H and O–H groups in total. The Bertz CT molecular complexity index is 714. The van der Waals surface area contributed by atoms with Gasteiger partial charge < -0.3 is 14.0 Å². The first-order valence-electron chi connectivity index (χ1n) is 7.59. The largest absolute Gasteiger partial charge is 0.490 e. The van der Waals surface area contributed by atoms with E-state index in [0.717, 1.165) is 5.75 Å². The molecule has 23 heavy (non-hydrogen) atoms. The van der Waals surface area contributed by atoms with Crippen molar-refractivity contribution in [3.63, 3.8) is 0 Å². The number of pyridine rings is 1. The molecular formula is C18H20N2O3. The van der Waals surface area contributed by atoms with Crippen molar-refractivity contribution in [2.75, 3.05) is 13.2 Å². The minimum Gasteiger partial charge on any atom is -0.490 e. The molecule has 120 valence electrons. The van der Waals surface area contributed by atoms with E-state index in [1.807, 2.05) is 31.2 Å². The third-order valence-electron chi connectivity index (χ3n) is 3.30. The van der Waals surface area contributed by atoms with Gasteiger partial charge in [0, 0.05) is 19.2 Å². The van der Waals surface area contributed by atoms with Gasteiger partial charge in [-0.3, -0.25) is 4.79 Å². The molecule has 1 aromatic carbocycles.